The van der Waals surface area contributed by atoms with Crippen molar-refractivity contribution in [1.29, 1.82) is 0 Å². The lowest BCUT2D eigenvalue weighted by Crippen LogP contribution is -2.53. The van der Waals surface area contributed by atoms with Crippen LogP contribution in [0.4, 0.5) is 5.69 Å². The first kappa shape index (κ1) is 24.0. The molecular weight excluding hydrogens is 446 g/mol. The monoisotopic (exact) mass is 477 g/mol. The highest BCUT2D eigenvalue weighted by atomic mass is 35.5. The summed E-state index contributed by atoms with van der Waals surface area (Å²) in [5.41, 5.74) is -0.597. The van der Waals surface area contributed by atoms with Crippen molar-refractivity contribution in [1.82, 2.24) is 10.2 Å². The lowest BCUT2D eigenvalue weighted by Gasteiger charge is -2.33. The van der Waals surface area contributed by atoms with Gasteiger partial charge in [-0.15, -0.1) is 0 Å². The van der Waals surface area contributed by atoms with E-state index in [1.807, 2.05) is 26.8 Å². The molecule has 0 aliphatic carbocycles. The van der Waals surface area contributed by atoms with E-state index < -0.39 is 29.1 Å². The summed E-state index contributed by atoms with van der Waals surface area (Å²) in [5.74, 6) is -2.26. The molecule has 3 saturated heterocycles. The van der Waals surface area contributed by atoms with Gasteiger partial charge in [-0.2, -0.15) is 0 Å². The minimum atomic E-state index is -1.09. The van der Waals surface area contributed by atoms with Crippen LogP contribution in [-0.2, 0) is 19.1 Å². The van der Waals surface area contributed by atoms with Crippen molar-refractivity contribution < 1.29 is 24.2 Å². The summed E-state index contributed by atoms with van der Waals surface area (Å²) >= 11 is 6.34. The van der Waals surface area contributed by atoms with Crippen LogP contribution in [0.2, 0.25) is 5.02 Å². The fourth-order valence-electron chi connectivity index (χ4n) is 5.95. The van der Waals surface area contributed by atoms with Crippen LogP contribution in [0.3, 0.4) is 0 Å². The number of hydrogen-bond donors (Lipinski definition) is 3. The number of likely N-dealkylation sites (tertiary alicyclic amines) is 1. The zero-order valence-electron chi connectivity index (χ0n) is 19.3. The third kappa shape index (κ3) is 3.72. The number of fused-ring (bicyclic) bond motifs is 1. The van der Waals surface area contributed by atoms with Crippen molar-refractivity contribution in [3.63, 3.8) is 0 Å². The number of hydrogen-bond acceptors (Lipinski definition) is 5. The van der Waals surface area contributed by atoms with Gasteiger partial charge < -0.3 is 25.4 Å². The number of nitrogens with zero attached hydrogens (tertiary/aromatic N) is 1. The number of carbonyl (C=O) groups excluding carboxylic acids is 3. The van der Waals surface area contributed by atoms with E-state index in [0.717, 1.165) is 12.0 Å². The molecule has 180 valence electrons. The number of amides is 3. The molecule has 9 heteroatoms. The predicted octanol–water partition coefficient (Wildman–Crippen LogP) is 2.26. The van der Waals surface area contributed by atoms with Gasteiger partial charge in [0.2, 0.25) is 17.7 Å². The van der Waals surface area contributed by atoms with Crippen molar-refractivity contribution in [2.45, 2.75) is 63.7 Å². The Hall–Kier alpha value is -2.16. The van der Waals surface area contributed by atoms with Crippen LogP contribution in [0.5, 0.6) is 0 Å². The summed E-state index contributed by atoms with van der Waals surface area (Å²) in [4.78, 5) is 42.0. The second-order valence-electron chi connectivity index (χ2n) is 9.55. The van der Waals surface area contributed by atoms with Gasteiger partial charge in [0, 0.05) is 19.7 Å². The van der Waals surface area contributed by atoms with Gasteiger partial charge >= 0.3 is 0 Å². The molecule has 8 nitrogen and oxygen atoms in total. The number of aryl methyl sites for hydroxylation is 1. The van der Waals surface area contributed by atoms with Gasteiger partial charge in [-0.25, -0.2) is 0 Å². The van der Waals surface area contributed by atoms with Crippen molar-refractivity contribution in [2.24, 2.45) is 11.8 Å². The van der Waals surface area contributed by atoms with E-state index >= 15 is 0 Å². The lowest BCUT2D eigenvalue weighted by atomic mass is 9.66. The van der Waals surface area contributed by atoms with Crippen LogP contribution in [-0.4, -0.2) is 64.7 Å². The molecule has 5 atom stereocenters. The zero-order chi connectivity index (χ0) is 24.0. The third-order valence-corrected chi connectivity index (χ3v) is 7.70. The lowest BCUT2D eigenvalue weighted by molar-refractivity contribution is -0.144. The van der Waals surface area contributed by atoms with Gasteiger partial charge in [-0.1, -0.05) is 30.7 Å². The van der Waals surface area contributed by atoms with Crippen LogP contribution < -0.4 is 10.6 Å². The molecule has 2 unspecified atom stereocenters. The van der Waals surface area contributed by atoms with Crippen LogP contribution in [0, 0.1) is 18.8 Å². The molecule has 4 rings (SSSR count). The second-order valence-corrected chi connectivity index (χ2v) is 9.96. The average molecular weight is 478 g/mol. The van der Waals surface area contributed by atoms with E-state index in [1.54, 1.807) is 12.1 Å². The molecule has 0 radical (unpaired) electrons. The number of carbonyl (C=O) groups is 3. The van der Waals surface area contributed by atoms with Gasteiger partial charge in [-0.3, -0.25) is 14.4 Å². The van der Waals surface area contributed by atoms with Gasteiger partial charge in [0.15, 0.2) is 0 Å². The number of rotatable bonds is 8. The smallest absolute Gasteiger partial charge is 0.250 e. The number of aliphatic hydroxyl groups is 1. The van der Waals surface area contributed by atoms with Gasteiger partial charge in [0.05, 0.1) is 28.1 Å². The number of benzene rings is 1. The van der Waals surface area contributed by atoms with E-state index in [0.29, 0.717) is 36.5 Å². The highest BCUT2D eigenvalue weighted by Crippen LogP contribution is 2.63. The standard InChI is InChI=1S/C24H32ClN3O5/c1-4-11-26-20(30)16-17-22(32)28(12-6-13-29)19(24(17)10-9-23(16,3)33-24)21(31)27-18-14(2)7-5-8-15(18)25/h5,7-8,16-17,19,29H,4,6,9-13H2,1-3H3,(H,26,30)(H,27,31)/t16-,17-,19?,23+,24?/m0/s1. The summed E-state index contributed by atoms with van der Waals surface area (Å²) < 4.78 is 6.52. The van der Waals surface area contributed by atoms with Gasteiger partial charge in [0.25, 0.3) is 0 Å². The topological polar surface area (TPSA) is 108 Å². The Morgan fingerprint density at radius 3 is 2.73 bits per heavy atom. The van der Waals surface area contributed by atoms with Crippen LogP contribution in [0.15, 0.2) is 18.2 Å². The van der Waals surface area contributed by atoms with E-state index in [-0.39, 0.29) is 30.9 Å². The van der Waals surface area contributed by atoms with Gasteiger partial charge in [0.1, 0.15) is 11.6 Å². The molecule has 3 aliphatic heterocycles. The Bertz CT molecular complexity index is 951. The average Bonchev–Trinajstić information content (AvgIpc) is 3.34. The molecule has 0 saturated carbocycles. The molecule has 3 fully saturated rings. The molecule has 3 aliphatic rings. The Morgan fingerprint density at radius 2 is 2.06 bits per heavy atom. The minimum absolute atomic E-state index is 0.113. The molecular formula is C24H32ClN3O5. The number of halogens is 1. The summed E-state index contributed by atoms with van der Waals surface area (Å²) in [7, 11) is 0. The summed E-state index contributed by atoms with van der Waals surface area (Å²) in [6, 6.07) is 4.43. The summed E-state index contributed by atoms with van der Waals surface area (Å²) in [5, 5.41) is 15.7. The largest absolute Gasteiger partial charge is 0.396 e. The number of nitrogens with one attached hydrogen (secondary N) is 2. The SMILES string of the molecule is CCCNC(=O)[C@@H]1[C@H]2C(=O)N(CCCO)C(C(=O)Nc3c(C)cccc3Cl)C23CC[C@@]1(C)O3. The first-order valence-corrected chi connectivity index (χ1v) is 12.0. The first-order chi connectivity index (χ1) is 15.7. The molecule has 2 bridgehead atoms. The normalized spacial score (nSPS) is 32.2. The van der Waals surface area contributed by atoms with Crippen LogP contribution in [0.25, 0.3) is 0 Å². The molecule has 3 amide bonds. The third-order valence-electron chi connectivity index (χ3n) is 7.38. The molecule has 3 heterocycles. The van der Waals surface area contributed by atoms with Crippen molar-refractivity contribution in [3.8, 4) is 0 Å². The quantitative estimate of drug-likeness (QED) is 0.532. The minimum Gasteiger partial charge on any atom is -0.396 e. The Balaban J connectivity index is 1.72. The summed E-state index contributed by atoms with van der Waals surface area (Å²) in [6.45, 7) is 6.29. The Kier molecular flexibility index (Phi) is 6.46. The van der Waals surface area contributed by atoms with Crippen molar-refractivity contribution >= 4 is 35.0 Å². The number of anilines is 1. The van der Waals surface area contributed by atoms with Crippen molar-refractivity contribution in [3.05, 3.63) is 28.8 Å². The number of aliphatic hydroxyl groups excluding tert-OH is 1. The van der Waals surface area contributed by atoms with Gasteiger partial charge in [-0.05, 0) is 51.2 Å². The highest BCUT2D eigenvalue weighted by Gasteiger charge is 2.77. The maximum Gasteiger partial charge on any atom is 0.250 e. The maximum atomic E-state index is 13.7. The Morgan fingerprint density at radius 1 is 1.30 bits per heavy atom. The first-order valence-electron chi connectivity index (χ1n) is 11.7. The fraction of sp³-hybridized carbons (Fsp3) is 0.625. The summed E-state index contributed by atoms with van der Waals surface area (Å²) in [6.07, 6.45) is 2.20. The molecule has 1 aromatic rings. The van der Waals surface area contributed by atoms with E-state index in [9.17, 15) is 19.5 Å². The molecule has 0 aromatic heterocycles. The van der Waals surface area contributed by atoms with Crippen LogP contribution in [0.1, 0.15) is 45.1 Å². The number of ether oxygens (including phenoxy) is 1. The maximum absolute atomic E-state index is 13.7. The van der Waals surface area contributed by atoms with Crippen molar-refractivity contribution in [2.75, 3.05) is 25.0 Å². The fourth-order valence-corrected chi connectivity index (χ4v) is 6.22. The van der Waals surface area contributed by atoms with Crippen LogP contribution >= 0.6 is 11.6 Å². The zero-order valence-corrected chi connectivity index (χ0v) is 20.1. The Labute approximate surface area is 199 Å². The van der Waals surface area contributed by atoms with E-state index in [4.69, 9.17) is 16.3 Å². The van der Waals surface area contributed by atoms with E-state index in [2.05, 4.69) is 10.6 Å². The highest BCUT2D eigenvalue weighted by molar-refractivity contribution is 6.34. The van der Waals surface area contributed by atoms with E-state index in [1.165, 1.54) is 4.90 Å². The second kappa shape index (κ2) is 8.89. The molecule has 3 N–H and O–H groups in total. The molecule has 1 spiro atoms. The molecule has 33 heavy (non-hydrogen) atoms. The molecule has 1 aromatic carbocycles. The number of para-hydroxylation sites is 1. The predicted molar refractivity (Wildman–Crippen MR) is 124 cm³/mol.